The summed E-state index contributed by atoms with van der Waals surface area (Å²) in [5, 5.41) is 8.27. The minimum absolute atomic E-state index is 0.169. The Morgan fingerprint density at radius 2 is 1.90 bits per heavy atom. The maximum absolute atomic E-state index is 11.5. The number of hydrogen-bond donors (Lipinski definition) is 1. The van der Waals surface area contributed by atoms with E-state index in [-0.39, 0.29) is 13.0 Å². The molecule has 0 saturated heterocycles. The Labute approximate surface area is 57.9 Å². The first-order valence-corrected chi connectivity index (χ1v) is 3.13. The fourth-order valence-corrected chi connectivity index (χ4v) is 0.718. The van der Waals surface area contributed by atoms with Crippen molar-refractivity contribution in [3.63, 3.8) is 0 Å². The molecule has 62 valence electrons. The van der Waals surface area contributed by atoms with Crippen molar-refractivity contribution in [2.75, 3.05) is 6.61 Å². The van der Waals surface area contributed by atoms with Crippen LogP contribution in [0.15, 0.2) is 0 Å². The highest BCUT2D eigenvalue weighted by molar-refractivity contribution is 4.58. The van der Waals surface area contributed by atoms with E-state index < -0.39 is 18.5 Å². The van der Waals surface area contributed by atoms with E-state index >= 15 is 0 Å². The Morgan fingerprint density at radius 3 is 2.20 bits per heavy atom. The summed E-state index contributed by atoms with van der Waals surface area (Å²) >= 11 is 0. The summed E-state index contributed by atoms with van der Waals surface area (Å²) in [6, 6.07) is 0. The van der Waals surface area contributed by atoms with Gasteiger partial charge in [-0.1, -0.05) is 6.92 Å². The first-order valence-electron chi connectivity index (χ1n) is 3.13. The van der Waals surface area contributed by atoms with Crippen molar-refractivity contribution >= 4 is 0 Å². The third-order valence-corrected chi connectivity index (χ3v) is 1.20. The Bertz CT molecular complexity index is 89.5. The standard InChI is InChI=1S/C6H11F3O/c1-5(2-3-10)4-6(7,8)9/h5,10H,2-4H2,1H3. The summed E-state index contributed by atoms with van der Waals surface area (Å²) in [6.45, 7) is 1.31. The van der Waals surface area contributed by atoms with Crippen molar-refractivity contribution in [3.05, 3.63) is 0 Å². The molecule has 0 aromatic rings. The van der Waals surface area contributed by atoms with E-state index in [1.54, 1.807) is 0 Å². The summed E-state index contributed by atoms with van der Waals surface area (Å²) in [5.41, 5.74) is 0. The maximum Gasteiger partial charge on any atom is 0.389 e. The number of aliphatic hydroxyl groups is 1. The largest absolute Gasteiger partial charge is 0.396 e. The van der Waals surface area contributed by atoms with Gasteiger partial charge in [-0.25, -0.2) is 0 Å². The van der Waals surface area contributed by atoms with Crippen LogP contribution in [0.2, 0.25) is 0 Å². The molecule has 0 aliphatic heterocycles. The van der Waals surface area contributed by atoms with Crippen LogP contribution in [0.5, 0.6) is 0 Å². The molecule has 4 heteroatoms. The van der Waals surface area contributed by atoms with Crippen LogP contribution in [-0.2, 0) is 0 Å². The van der Waals surface area contributed by atoms with Gasteiger partial charge >= 0.3 is 6.18 Å². The van der Waals surface area contributed by atoms with Crippen molar-refractivity contribution < 1.29 is 18.3 Å². The van der Waals surface area contributed by atoms with Crippen molar-refractivity contribution in [1.29, 1.82) is 0 Å². The normalized spacial score (nSPS) is 15.3. The van der Waals surface area contributed by atoms with E-state index in [4.69, 9.17) is 5.11 Å². The molecule has 0 spiro atoms. The lowest BCUT2D eigenvalue weighted by atomic mass is 10.0. The minimum atomic E-state index is -4.09. The highest BCUT2D eigenvalue weighted by Crippen LogP contribution is 2.25. The zero-order valence-corrected chi connectivity index (χ0v) is 5.78. The van der Waals surface area contributed by atoms with Gasteiger partial charge in [-0.2, -0.15) is 13.2 Å². The van der Waals surface area contributed by atoms with Gasteiger partial charge < -0.3 is 5.11 Å². The molecule has 0 fully saturated rings. The van der Waals surface area contributed by atoms with Crippen molar-refractivity contribution in [3.8, 4) is 0 Å². The van der Waals surface area contributed by atoms with Gasteiger partial charge in [0.2, 0.25) is 0 Å². The SMILES string of the molecule is CC(CCO)CC(F)(F)F. The molecule has 1 N–H and O–H groups in total. The molecule has 0 aliphatic carbocycles. The van der Waals surface area contributed by atoms with E-state index in [1.165, 1.54) is 6.92 Å². The molecule has 0 aromatic carbocycles. The number of rotatable bonds is 3. The summed E-state index contributed by atoms with van der Waals surface area (Å²) < 4.78 is 34.6. The van der Waals surface area contributed by atoms with Crippen LogP contribution in [-0.4, -0.2) is 17.9 Å². The van der Waals surface area contributed by atoms with Crippen LogP contribution in [0.25, 0.3) is 0 Å². The molecule has 0 aromatic heterocycles. The van der Waals surface area contributed by atoms with E-state index in [0.717, 1.165) is 0 Å². The van der Waals surface area contributed by atoms with Gasteiger partial charge in [-0.15, -0.1) is 0 Å². The van der Waals surface area contributed by atoms with E-state index in [1.807, 2.05) is 0 Å². The molecule has 0 radical (unpaired) electrons. The van der Waals surface area contributed by atoms with Gasteiger partial charge in [0.15, 0.2) is 0 Å². The van der Waals surface area contributed by atoms with Crippen LogP contribution in [0.4, 0.5) is 13.2 Å². The fraction of sp³-hybridized carbons (Fsp3) is 1.00. The smallest absolute Gasteiger partial charge is 0.389 e. The van der Waals surface area contributed by atoms with E-state index in [0.29, 0.717) is 0 Å². The second-order valence-electron chi connectivity index (χ2n) is 2.44. The second kappa shape index (κ2) is 3.81. The highest BCUT2D eigenvalue weighted by atomic mass is 19.4. The van der Waals surface area contributed by atoms with Gasteiger partial charge in [-0.05, 0) is 12.3 Å². The second-order valence-corrected chi connectivity index (χ2v) is 2.44. The first-order chi connectivity index (χ1) is 4.45. The zero-order chi connectivity index (χ0) is 8.20. The van der Waals surface area contributed by atoms with Crippen LogP contribution >= 0.6 is 0 Å². The third-order valence-electron chi connectivity index (χ3n) is 1.20. The zero-order valence-electron chi connectivity index (χ0n) is 5.78. The topological polar surface area (TPSA) is 20.2 Å². The lowest BCUT2D eigenvalue weighted by Gasteiger charge is -2.11. The van der Waals surface area contributed by atoms with E-state index in [2.05, 4.69) is 0 Å². The molecule has 10 heavy (non-hydrogen) atoms. The Kier molecular flexibility index (Phi) is 3.71. The lowest BCUT2D eigenvalue weighted by Crippen LogP contribution is -2.13. The van der Waals surface area contributed by atoms with Crippen molar-refractivity contribution in [1.82, 2.24) is 0 Å². The Balaban J connectivity index is 3.47. The summed E-state index contributed by atoms with van der Waals surface area (Å²) in [4.78, 5) is 0. The third kappa shape index (κ3) is 5.88. The average Bonchev–Trinajstić information content (AvgIpc) is 1.59. The Hall–Kier alpha value is -0.250. The molecule has 0 bridgehead atoms. The Morgan fingerprint density at radius 1 is 1.40 bits per heavy atom. The van der Waals surface area contributed by atoms with Gasteiger partial charge in [0, 0.05) is 13.0 Å². The van der Waals surface area contributed by atoms with Gasteiger partial charge in [0.05, 0.1) is 0 Å². The van der Waals surface area contributed by atoms with Gasteiger partial charge in [0.1, 0.15) is 0 Å². The van der Waals surface area contributed by atoms with Crippen LogP contribution < -0.4 is 0 Å². The van der Waals surface area contributed by atoms with E-state index in [9.17, 15) is 13.2 Å². The number of alkyl halides is 3. The number of hydrogen-bond acceptors (Lipinski definition) is 1. The van der Waals surface area contributed by atoms with Crippen LogP contribution in [0, 0.1) is 5.92 Å². The number of aliphatic hydroxyl groups excluding tert-OH is 1. The molecule has 0 amide bonds. The molecule has 1 atom stereocenters. The predicted molar refractivity (Wildman–Crippen MR) is 31.5 cm³/mol. The van der Waals surface area contributed by atoms with Crippen LogP contribution in [0.3, 0.4) is 0 Å². The highest BCUT2D eigenvalue weighted by Gasteiger charge is 2.29. The first kappa shape index (κ1) is 9.75. The van der Waals surface area contributed by atoms with Gasteiger partial charge in [0.25, 0.3) is 0 Å². The van der Waals surface area contributed by atoms with Crippen molar-refractivity contribution in [2.24, 2.45) is 5.92 Å². The molecular formula is C6H11F3O. The maximum atomic E-state index is 11.5. The molecule has 0 heterocycles. The molecule has 1 nitrogen and oxygen atoms in total. The molecule has 0 aliphatic rings. The lowest BCUT2D eigenvalue weighted by molar-refractivity contribution is -0.144. The van der Waals surface area contributed by atoms with Crippen molar-refractivity contribution in [2.45, 2.75) is 25.9 Å². The number of halogens is 3. The summed E-state index contributed by atoms with van der Waals surface area (Å²) in [6.07, 6.45) is -4.67. The molecular weight excluding hydrogens is 145 g/mol. The molecule has 1 unspecified atom stereocenters. The average molecular weight is 156 g/mol. The predicted octanol–water partition coefficient (Wildman–Crippen LogP) is 1.96. The summed E-state index contributed by atoms with van der Waals surface area (Å²) in [7, 11) is 0. The molecule has 0 saturated carbocycles. The van der Waals surface area contributed by atoms with Gasteiger partial charge in [-0.3, -0.25) is 0 Å². The minimum Gasteiger partial charge on any atom is -0.396 e. The fourth-order valence-electron chi connectivity index (χ4n) is 0.718. The monoisotopic (exact) mass is 156 g/mol. The summed E-state index contributed by atoms with van der Waals surface area (Å²) in [5.74, 6) is -0.468. The molecule has 0 rings (SSSR count). The van der Waals surface area contributed by atoms with Crippen LogP contribution in [0.1, 0.15) is 19.8 Å². The quantitative estimate of drug-likeness (QED) is 0.662.